The summed E-state index contributed by atoms with van der Waals surface area (Å²) in [6, 6.07) is 0.616. The van der Waals surface area contributed by atoms with Crippen LogP contribution in [0.1, 0.15) is 20.8 Å². The molecule has 1 fully saturated rings. The molecule has 17 heavy (non-hydrogen) atoms. The van der Waals surface area contributed by atoms with Crippen molar-refractivity contribution in [1.29, 1.82) is 0 Å². The van der Waals surface area contributed by atoms with Gasteiger partial charge in [-0.3, -0.25) is 10.1 Å². The fourth-order valence-corrected chi connectivity index (χ4v) is 2.41. The maximum Gasteiger partial charge on any atom is 0.129 e. The van der Waals surface area contributed by atoms with Crippen LogP contribution in [0.2, 0.25) is 0 Å². The molecular weight excluding hydrogens is 214 g/mol. The fraction of sp³-hybridized carbons (Fsp3) is 0.692. The number of hydroxylamine groups is 2. The Labute approximate surface area is 104 Å². The standard InChI is InChI=1S/C13H23N3O/c1-11(2)14-6-8-15(9-7-14)13-5-4-12(3)10-16(13)17/h4-5,11,17H,6-10H2,1-3H3. The lowest BCUT2D eigenvalue weighted by Crippen LogP contribution is -2.50. The Morgan fingerprint density at radius 2 is 1.76 bits per heavy atom. The van der Waals surface area contributed by atoms with Gasteiger partial charge in [-0.05, 0) is 26.8 Å². The van der Waals surface area contributed by atoms with Crippen LogP contribution >= 0.6 is 0 Å². The molecule has 96 valence electrons. The summed E-state index contributed by atoms with van der Waals surface area (Å²) in [5, 5.41) is 11.3. The number of hydrogen-bond acceptors (Lipinski definition) is 4. The minimum atomic E-state index is 0.616. The SMILES string of the molecule is CC1=CC=C(N2CCN(C(C)C)CC2)N(O)C1. The van der Waals surface area contributed by atoms with Crippen molar-refractivity contribution in [2.24, 2.45) is 0 Å². The van der Waals surface area contributed by atoms with E-state index in [0.717, 1.165) is 32.0 Å². The van der Waals surface area contributed by atoms with E-state index >= 15 is 0 Å². The zero-order valence-electron chi connectivity index (χ0n) is 11.1. The second-order valence-corrected chi connectivity index (χ2v) is 5.21. The first-order chi connectivity index (χ1) is 8.08. The zero-order chi connectivity index (χ0) is 12.4. The highest BCUT2D eigenvalue weighted by atomic mass is 16.5. The van der Waals surface area contributed by atoms with Gasteiger partial charge in [0.25, 0.3) is 0 Å². The van der Waals surface area contributed by atoms with Crippen molar-refractivity contribution < 1.29 is 5.21 Å². The lowest BCUT2D eigenvalue weighted by atomic mass is 10.2. The average Bonchev–Trinajstić information content (AvgIpc) is 2.29. The van der Waals surface area contributed by atoms with Gasteiger partial charge >= 0.3 is 0 Å². The monoisotopic (exact) mass is 237 g/mol. The van der Waals surface area contributed by atoms with E-state index in [9.17, 15) is 5.21 Å². The van der Waals surface area contributed by atoms with E-state index in [4.69, 9.17) is 0 Å². The highest BCUT2D eigenvalue weighted by molar-refractivity contribution is 5.21. The second-order valence-electron chi connectivity index (χ2n) is 5.21. The summed E-state index contributed by atoms with van der Waals surface area (Å²) in [6.45, 7) is 11.3. The van der Waals surface area contributed by atoms with Gasteiger partial charge in [0.15, 0.2) is 0 Å². The fourth-order valence-electron chi connectivity index (χ4n) is 2.41. The highest BCUT2D eigenvalue weighted by Gasteiger charge is 2.23. The molecule has 1 N–H and O–H groups in total. The highest BCUT2D eigenvalue weighted by Crippen LogP contribution is 2.18. The first kappa shape index (κ1) is 12.5. The number of rotatable bonds is 2. The normalized spacial score (nSPS) is 22.9. The van der Waals surface area contributed by atoms with Crippen LogP contribution < -0.4 is 0 Å². The molecule has 2 rings (SSSR count). The summed E-state index contributed by atoms with van der Waals surface area (Å²) in [6.07, 6.45) is 4.11. The van der Waals surface area contributed by atoms with E-state index in [-0.39, 0.29) is 0 Å². The summed E-state index contributed by atoms with van der Waals surface area (Å²) >= 11 is 0. The van der Waals surface area contributed by atoms with Gasteiger partial charge in [0.05, 0.1) is 6.54 Å². The van der Waals surface area contributed by atoms with Gasteiger partial charge in [0.1, 0.15) is 5.82 Å². The second kappa shape index (κ2) is 5.10. The van der Waals surface area contributed by atoms with E-state index < -0.39 is 0 Å². The van der Waals surface area contributed by atoms with E-state index in [1.165, 1.54) is 10.6 Å². The topological polar surface area (TPSA) is 30.0 Å². The lowest BCUT2D eigenvalue weighted by Gasteiger charge is -2.41. The van der Waals surface area contributed by atoms with Crippen LogP contribution in [-0.4, -0.2) is 58.8 Å². The number of nitrogens with zero attached hydrogens (tertiary/aromatic N) is 3. The van der Waals surface area contributed by atoms with Crippen LogP contribution in [0.4, 0.5) is 0 Å². The van der Waals surface area contributed by atoms with Crippen LogP contribution in [0.5, 0.6) is 0 Å². The van der Waals surface area contributed by atoms with Gasteiger partial charge in [-0.2, -0.15) is 0 Å². The first-order valence-corrected chi connectivity index (χ1v) is 6.41. The van der Waals surface area contributed by atoms with Crippen molar-refractivity contribution in [2.75, 3.05) is 32.7 Å². The van der Waals surface area contributed by atoms with Crippen LogP contribution in [0.25, 0.3) is 0 Å². The third kappa shape index (κ3) is 2.82. The predicted octanol–water partition coefficient (Wildman–Crippen LogP) is 1.50. The number of hydrogen-bond donors (Lipinski definition) is 1. The Bertz CT molecular complexity index is 328. The van der Waals surface area contributed by atoms with Gasteiger partial charge in [0.2, 0.25) is 0 Å². The molecule has 2 aliphatic heterocycles. The molecular formula is C13H23N3O. The summed E-state index contributed by atoms with van der Waals surface area (Å²) in [4.78, 5) is 4.74. The molecule has 2 aliphatic rings. The Balaban J connectivity index is 1.97. The van der Waals surface area contributed by atoms with Gasteiger partial charge in [-0.15, -0.1) is 0 Å². The van der Waals surface area contributed by atoms with Crippen molar-refractivity contribution >= 4 is 0 Å². The molecule has 0 atom stereocenters. The molecule has 0 amide bonds. The molecule has 2 heterocycles. The van der Waals surface area contributed by atoms with Gasteiger partial charge in [-0.25, -0.2) is 5.06 Å². The number of piperazine rings is 1. The molecule has 0 aromatic rings. The Morgan fingerprint density at radius 3 is 2.29 bits per heavy atom. The van der Waals surface area contributed by atoms with Crippen LogP contribution in [0, 0.1) is 0 Å². The van der Waals surface area contributed by atoms with E-state index in [0.29, 0.717) is 12.6 Å². The van der Waals surface area contributed by atoms with Crippen molar-refractivity contribution in [2.45, 2.75) is 26.8 Å². The molecule has 4 heteroatoms. The molecule has 0 spiro atoms. The minimum absolute atomic E-state index is 0.616. The van der Waals surface area contributed by atoms with E-state index in [1.807, 2.05) is 13.0 Å². The third-order valence-corrected chi connectivity index (χ3v) is 3.55. The van der Waals surface area contributed by atoms with Gasteiger partial charge in [-0.1, -0.05) is 11.6 Å². The van der Waals surface area contributed by atoms with Crippen LogP contribution in [-0.2, 0) is 0 Å². The molecule has 0 aromatic carbocycles. The van der Waals surface area contributed by atoms with Crippen molar-refractivity contribution in [1.82, 2.24) is 14.9 Å². The van der Waals surface area contributed by atoms with Gasteiger partial charge in [0, 0.05) is 32.2 Å². The summed E-state index contributed by atoms with van der Waals surface area (Å²) in [5.41, 5.74) is 1.19. The first-order valence-electron chi connectivity index (χ1n) is 6.41. The average molecular weight is 237 g/mol. The van der Waals surface area contributed by atoms with Crippen LogP contribution in [0.3, 0.4) is 0 Å². The minimum Gasteiger partial charge on any atom is -0.354 e. The van der Waals surface area contributed by atoms with Crippen molar-refractivity contribution in [3.05, 3.63) is 23.5 Å². The van der Waals surface area contributed by atoms with E-state index in [1.54, 1.807) is 0 Å². The maximum atomic E-state index is 9.94. The molecule has 0 bridgehead atoms. The predicted molar refractivity (Wildman–Crippen MR) is 68.6 cm³/mol. The lowest BCUT2D eigenvalue weighted by molar-refractivity contribution is -0.0804. The largest absolute Gasteiger partial charge is 0.354 e. The van der Waals surface area contributed by atoms with Crippen molar-refractivity contribution in [3.63, 3.8) is 0 Å². The molecule has 4 nitrogen and oxygen atoms in total. The van der Waals surface area contributed by atoms with Crippen molar-refractivity contribution in [3.8, 4) is 0 Å². The smallest absolute Gasteiger partial charge is 0.129 e. The van der Waals surface area contributed by atoms with E-state index in [2.05, 4.69) is 29.7 Å². The Hall–Kier alpha value is -1.00. The Morgan fingerprint density at radius 1 is 1.12 bits per heavy atom. The molecule has 0 aromatic heterocycles. The molecule has 0 aliphatic carbocycles. The summed E-state index contributed by atoms with van der Waals surface area (Å²) in [7, 11) is 0. The third-order valence-electron chi connectivity index (χ3n) is 3.55. The zero-order valence-corrected chi connectivity index (χ0v) is 11.1. The maximum absolute atomic E-state index is 9.94. The number of allylic oxidation sites excluding steroid dienone is 2. The van der Waals surface area contributed by atoms with Crippen LogP contribution in [0.15, 0.2) is 23.5 Å². The molecule has 0 unspecified atom stereocenters. The Kier molecular flexibility index (Phi) is 3.74. The molecule has 0 saturated carbocycles. The summed E-state index contributed by atoms with van der Waals surface area (Å²) in [5.74, 6) is 0.944. The summed E-state index contributed by atoms with van der Waals surface area (Å²) < 4.78 is 0. The molecule has 0 radical (unpaired) electrons. The van der Waals surface area contributed by atoms with Gasteiger partial charge < -0.3 is 4.90 Å². The molecule has 1 saturated heterocycles. The quantitative estimate of drug-likeness (QED) is 0.788.